The van der Waals surface area contributed by atoms with Crippen molar-refractivity contribution < 1.29 is 14.5 Å². The summed E-state index contributed by atoms with van der Waals surface area (Å²) in [7, 11) is 0. The number of esters is 1. The average Bonchev–Trinajstić information content (AvgIpc) is 2.23. The third kappa shape index (κ3) is 3.57. The van der Waals surface area contributed by atoms with Crippen LogP contribution in [0.4, 0.5) is 5.69 Å². The van der Waals surface area contributed by atoms with Gasteiger partial charge in [0.25, 0.3) is 5.69 Å². The van der Waals surface area contributed by atoms with Crippen molar-refractivity contribution in [3.63, 3.8) is 0 Å². The second-order valence-electron chi connectivity index (χ2n) is 3.13. The van der Waals surface area contributed by atoms with Crippen LogP contribution in [0.15, 0.2) is 12.1 Å². The fourth-order valence-corrected chi connectivity index (χ4v) is 1.60. The summed E-state index contributed by atoms with van der Waals surface area (Å²) in [5.41, 5.74) is -0.0599. The Morgan fingerprint density at radius 3 is 2.53 bits per heavy atom. The van der Waals surface area contributed by atoms with Crippen molar-refractivity contribution in [3.05, 3.63) is 37.9 Å². The van der Waals surface area contributed by atoms with Crippen LogP contribution in [0.5, 0.6) is 0 Å². The molecule has 17 heavy (non-hydrogen) atoms. The summed E-state index contributed by atoms with van der Waals surface area (Å²) in [4.78, 5) is 21.4. The highest BCUT2D eigenvalue weighted by Gasteiger charge is 2.19. The van der Waals surface area contributed by atoms with E-state index in [1.807, 2.05) is 0 Å². The number of rotatable bonds is 4. The predicted octanol–water partition coefficient (Wildman–Crippen LogP) is 3.01. The highest BCUT2D eigenvalue weighted by atomic mass is 35.5. The lowest BCUT2D eigenvalue weighted by Gasteiger charge is -2.05. The van der Waals surface area contributed by atoms with Gasteiger partial charge in [0.15, 0.2) is 0 Å². The van der Waals surface area contributed by atoms with E-state index in [9.17, 15) is 14.9 Å². The van der Waals surface area contributed by atoms with Crippen molar-refractivity contribution in [2.45, 2.75) is 13.3 Å². The van der Waals surface area contributed by atoms with Gasteiger partial charge >= 0.3 is 5.97 Å². The van der Waals surface area contributed by atoms with Crippen LogP contribution < -0.4 is 0 Å². The summed E-state index contributed by atoms with van der Waals surface area (Å²) in [5.74, 6) is -0.547. The number of carbonyl (C=O) groups is 1. The molecule has 0 aliphatic heterocycles. The Kier molecular flexibility index (Phi) is 4.72. The maximum Gasteiger partial charge on any atom is 0.310 e. The molecule has 7 heteroatoms. The normalized spacial score (nSPS) is 10.1. The highest BCUT2D eigenvalue weighted by Crippen LogP contribution is 2.30. The molecule has 1 aromatic rings. The average molecular weight is 278 g/mol. The summed E-state index contributed by atoms with van der Waals surface area (Å²) in [6.45, 7) is 1.87. The molecule has 0 saturated carbocycles. The van der Waals surface area contributed by atoms with E-state index in [4.69, 9.17) is 27.9 Å². The molecule has 0 unspecified atom stereocenters. The minimum absolute atomic E-state index is 0.0750. The monoisotopic (exact) mass is 277 g/mol. The van der Waals surface area contributed by atoms with E-state index in [1.165, 1.54) is 6.07 Å². The van der Waals surface area contributed by atoms with Crippen LogP contribution >= 0.6 is 23.2 Å². The molecule has 92 valence electrons. The zero-order valence-corrected chi connectivity index (χ0v) is 10.4. The second kappa shape index (κ2) is 5.84. The maximum atomic E-state index is 11.3. The minimum atomic E-state index is -0.614. The van der Waals surface area contributed by atoms with Gasteiger partial charge in [-0.25, -0.2) is 0 Å². The zero-order chi connectivity index (χ0) is 13.0. The van der Waals surface area contributed by atoms with Gasteiger partial charge in [0.2, 0.25) is 0 Å². The first-order valence-corrected chi connectivity index (χ1v) is 5.49. The number of hydrogen-bond acceptors (Lipinski definition) is 4. The number of halogens is 2. The van der Waals surface area contributed by atoms with Crippen LogP contribution in [0, 0.1) is 10.1 Å². The van der Waals surface area contributed by atoms with Crippen molar-refractivity contribution in [2.75, 3.05) is 6.61 Å². The molecule has 0 aromatic heterocycles. The van der Waals surface area contributed by atoms with Gasteiger partial charge < -0.3 is 4.74 Å². The number of carbonyl (C=O) groups excluding carboxylic acids is 1. The van der Waals surface area contributed by atoms with Gasteiger partial charge in [0, 0.05) is 11.6 Å². The molecule has 0 N–H and O–H groups in total. The highest BCUT2D eigenvalue weighted by molar-refractivity contribution is 6.42. The summed E-state index contributed by atoms with van der Waals surface area (Å²) in [6.07, 6.45) is -0.207. The summed E-state index contributed by atoms with van der Waals surface area (Å²) < 4.78 is 4.71. The lowest BCUT2D eigenvalue weighted by atomic mass is 10.1. The molecule has 0 amide bonds. The minimum Gasteiger partial charge on any atom is -0.466 e. The van der Waals surface area contributed by atoms with Crippen LogP contribution in [0.3, 0.4) is 0 Å². The molecule has 0 spiro atoms. The molecule has 0 aliphatic carbocycles. The number of nitro benzene ring substituents is 1. The van der Waals surface area contributed by atoms with E-state index in [0.717, 1.165) is 6.07 Å². The van der Waals surface area contributed by atoms with E-state index in [2.05, 4.69) is 0 Å². The predicted molar refractivity (Wildman–Crippen MR) is 63.5 cm³/mol. The summed E-state index contributed by atoms with van der Waals surface area (Å²) in [6, 6.07) is 2.43. The fraction of sp³-hybridized carbons (Fsp3) is 0.300. The molecule has 0 radical (unpaired) electrons. The lowest BCUT2D eigenvalue weighted by molar-refractivity contribution is -0.385. The molecular formula is C10H9Cl2NO4. The van der Waals surface area contributed by atoms with Crippen LogP contribution in [0.2, 0.25) is 10.0 Å². The van der Waals surface area contributed by atoms with Gasteiger partial charge in [0.05, 0.1) is 28.0 Å². The third-order valence-corrected chi connectivity index (χ3v) is 2.68. The van der Waals surface area contributed by atoms with Gasteiger partial charge in [0.1, 0.15) is 0 Å². The molecule has 1 aromatic carbocycles. The van der Waals surface area contributed by atoms with Crippen LogP contribution in [0.1, 0.15) is 12.5 Å². The SMILES string of the molecule is CCOC(=O)Cc1cc(Cl)c(Cl)cc1[N+](=O)[O-]. The summed E-state index contributed by atoms with van der Waals surface area (Å²) in [5, 5.41) is 11.0. The molecule has 1 rings (SSSR count). The molecular weight excluding hydrogens is 269 g/mol. The van der Waals surface area contributed by atoms with E-state index >= 15 is 0 Å². The standard InChI is InChI=1S/C10H9Cl2NO4/c1-2-17-10(14)4-6-3-7(11)8(12)5-9(6)13(15)16/h3,5H,2,4H2,1H3. The van der Waals surface area contributed by atoms with Gasteiger partial charge in [-0.1, -0.05) is 23.2 Å². The molecule has 0 bridgehead atoms. The number of benzene rings is 1. The molecule has 0 fully saturated rings. The van der Waals surface area contributed by atoms with E-state index < -0.39 is 10.9 Å². The van der Waals surface area contributed by atoms with E-state index in [0.29, 0.717) is 0 Å². The van der Waals surface area contributed by atoms with Crippen molar-refractivity contribution in [3.8, 4) is 0 Å². The van der Waals surface area contributed by atoms with Crippen LogP contribution in [0.25, 0.3) is 0 Å². The van der Waals surface area contributed by atoms with E-state index in [-0.39, 0.29) is 34.3 Å². The topological polar surface area (TPSA) is 69.4 Å². The Balaban J connectivity index is 3.08. The van der Waals surface area contributed by atoms with Gasteiger partial charge in [-0.05, 0) is 13.0 Å². The van der Waals surface area contributed by atoms with Crippen LogP contribution in [-0.2, 0) is 16.0 Å². The van der Waals surface area contributed by atoms with Crippen molar-refractivity contribution >= 4 is 34.9 Å². The lowest BCUT2D eigenvalue weighted by Crippen LogP contribution is -2.09. The number of nitro groups is 1. The molecule has 5 nitrogen and oxygen atoms in total. The number of ether oxygens (including phenoxy) is 1. The first-order valence-electron chi connectivity index (χ1n) is 4.73. The second-order valence-corrected chi connectivity index (χ2v) is 3.95. The fourth-order valence-electron chi connectivity index (χ4n) is 1.26. The summed E-state index contributed by atoms with van der Waals surface area (Å²) >= 11 is 11.4. The molecule has 0 atom stereocenters. The van der Waals surface area contributed by atoms with Crippen molar-refractivity contribution in [2.24, 2.45) is 0 Å². The Bertz CT molecular complexity index is 462. The van der Waals surface area contributed by atoms with E-state index in [1.54, 1.807) is 6.92 Å². The van der Waals surface area contributed by atoms with Gasteiger partial charge in [-0.15, -0.1) is 0 Å². The smallest absolute Gasteiger partial charge is 0.310 e. The van der Waals surface area contributed by atoms with Gasteiger partial charge in [-0.3, -0.25) is 14.9 Å². The third-order valence-electron chi connectivity index (χ3n) is 1.96. The Labute approximate surface area is 107 Å². The Morgan fingerprint density at radius 1 is 1.41 bits per heavy atom. The largest absolute Gasteiger partial charge is 0.466 e. The molecule has 0 saturated heterocycles. The van der Waals surface area contributed by atoms with Gasteiger partial charge in [-0.2, -0.15) is 0 Å². The first kappa shape index (κ1) is 13.7. The Hall–Kier alpha value is -1.33. The molecule has 0 aliphatic rings. The first-order chi connectivity index (χ1) is 7.95. The van der Waals surface area contributed by atoms with Crippen LogP contribution in [-0.4, -0.2) is 17.5 Å². The number of hydrogen-bond donors (Lipinski definition) is 0. The van der Waals surface area contributed by atoms with Crippen molar-refractivity contribution in [1.29, 1.82) is 0 Å². The quantitative estimate of drug-likeness (QED) is 0.482. The number of nitrogens with zero attached hydrogens (tertiary/aromatic N) is 1. The maximum absolute atomic E-state index is 11.3. The van der Waals surface area contributed by atoms with Crippen molar-refractivity contribution in [1.82, 2.24) is 0 Å². The zero-order valence-electron chi connectivity index (χ0n) is 8.91. The Morgan fingerprint density at radius 2 is 2.00 bits per heavy atom. The molecule has 0 heterocycles.